The van der Waals surface area contributed by atoms with Crippen molar-refractivity contribution in [3.63, 3.8) is 0 Å². The molecule has 0 aliphatic heterocycles. The van der Waals surface area contributed by atoms with Crippen molar-refractivity contribution < 1.29 is 19.2 Å². The third-order valence-corrected chi connectivity index (χ3v) is 9.56. The van der Waals surface area contributed by atoms with Crippen LogP contribution in [0.5, 0.6) is 0 Å². The van der Waals surface area contributed by atoms with E-state index < -0.39 is 42.1 Å². The van der Waals surface area contributed by atoms with E-state index in [9.17, 15) is 19.2 Å². The molecule has 162 valence electrons. The van der Waals surface area contributed by atoms with Crippen molar-refractivity contribution in [1.82, 2.24) is 0 Å². The van der Waals surface area contributed by atoms with Crippen LogP contribution < -0.4 is 5.73 Å². The summed E-state index contributed by atoms with van der Waals surface area (Å²) in [5, 5.41) is 0. The zero-order valence-corrected chi connectivity index (χ0v) is 22.1. The van der Waals surface area contributed by atoms with Crippen LogP contribution in [0.1, 0.15) is 32.1 Å². The average Bonchev–Trinajstić information content (AvgIpc) is 2.71. The minimum atomic E-state index is -2.19. The van der Waals surface area contributed by atoms with Gasteiger partial charge in [-0.3, -0.25) is 4.79 Å². The topological polar surface area (TPSA) is 94.3 Å². The quantitative estimate of drug-likeness (QED) is 0.212. The zero-order valence-electron chi connectivity index (χ0n) is 19.5. The van der Waals surface area contributed by atoms with Gasteiger partial charge >= 0.3 is 165 Å². The second-order valence-corrected chi connectivity index (χ2v) is 15.1. The molecule has 0 aromatic rings. The number of ketones is 4. The molecule has 4 unspecified atom stereocenters. The third-order valence-electron chi connectivity index (χ3n) is 5.09. The fraction of sp³-hybridized carbons (Fsp3) is 0.750. The Morgan fingerprint density at radius 1 is 0.909 bits per heavy atom. The zero-order chi connectivity index (χ0) is 25.8. The van der Waals surface area contributed by atoms with Crippen LogP contribution in [0.4, 0.5) is 0 Å². The first-order valence-corrected chi connectivity index (χ1v) is 16.5. The van der Waals surface area contributed by atoms with Gasteiger partial charge < -0.3 is 0 Å². The molecule has 0 saturated heterocycles. The Bertz CT molecular complexity index is 806. The van der Waals surface area contributed by atoms with Gasteiger partial charge in [-0.15, -0.1) is 0 Å². The standard InChI is InChI=1S/C16H26B9NO4P2S/c1-31(21)8-13(28)4-3-11(15(29)9-32(2)22)7-12(27)5-6-14(26)16(30)10-33(23-17,24-18)25(19)20/h11,14H,3-10,26H2,1-2H3. The van der Waals surface area contributed by atoms with Crippen molar-refractivity contribution >= 4 is 111 Å². The SMILES string of the molecule is [B]B=S(=B[B])(CC(=O)C(N)CCC(=O)CC(CCC(=O)CP([B])C)C(=O)CP([B])C)B([B])[B]. The second-order valence-electron chi connectivity index (χ2n) is 8.21. The van der Waals surface area contributed by atoms with Crippen LogP contribution in [-0.2, 0) is 19.2 Å². The van der Waals surface area contributed by atoms with Crippen LogP contribution in [0.2, 0.25) is 0 Å². The number of hydrogen-bond donors (Lipinski definition) is 1. The summed E-state index contributed by atoms with van der Waals surface area (Å²) in [5.74, 6) is -2.30. The summed E-state index contributed by atoms with van der Waals surface area (Å²) in [6, 6.07) is 1.57. The fourth-order valence-corrected chi connectivity index (χ4v) is 6.08. The number of carbonyl (C=O) groups excluding carboxylic acids is 4. The van der Waals surface area contributed by atoms with Gasteiger partial charge in [0.25, 0.3) is 0 Å². The van der Waals surface area contributed by atoms with Crippen molar-refractivity contribution in [3.05, 3.63) is 0 Å². The summed E-state index contributed by atoms with van der Waals surface area (Å²) >= 11 is 0. The molecule has 0 aromatic carbocycles. The number of hydrogen-bond acceptors (Lipinski definition) is 5. The van der Waals surface area contributed by atoms with Crippen LogP contribution in [0, 0.1) is 5.92 Å². The molecule has 0 aromatic heterocycles. The van der Waals surface area contributed by atoms with Gasteiger partial charge in [-0.2, -0.15) is 7.80 Å². The van der Waals surface area contributed by atoms with Crippen LogP contribution in [0.15, 0.2) is 0 Å². The Hall–Kier alpha value is 0.434. The Labute approximate surface area is 211 Å². The molecule has 0 spiro atoms. The molecule has 17 heteroatoms. The molecule has 0 saturated carbocycles. The van der Waals surface area contributed by atoms with E-state index in [1.807, 2.05) is 0 Å². The van der Waals surface area contributed by atoms with E-state index >= 15 is 0 Å². The monoisotopic (exact) mass is 489 g/mol. The van der Waals surface area contributed by atoms with Crippen molar-refractivity contribution in [2.75, 3.05) is 31.4 Å². The Morgan fingerprint density at radius 2 is 1.42 bits per heavy atom. The number of nitrogens with two attached hydrogens (primary N) is 1. The number of rotatable bonds is 17. The molecule has 0 amide bonds. The first kappa shape index (κ1) is 33.4. The predicted molar refractivity (Wildman–Crippen MR) is 154 cm³/mol. The third kappa shape index (κ3) is 13.4. The minimum absolute atomic E-state index is 0.0181. The Balaban J connectivity index is 5.01. The van der Waals surface area contributed by atoms with Crippen LogP contribution in [-0.4, -0.2) is 125 Å². The molecular formula is C16H26B9NO4P2S. The maximum absolute atomic E-state index is 12.6. The second kappa shape index (κ2) is 17.0. The summed E-state index contributed by atoms with van der Waals surface area (Å²) in [6.45, 7) is 3.57. The van der Waals surface area contributed by atoms with E-state index in [1.165, 1.54) is 12.1 Å². The molecule has 33 heavy (non-hydrogen) atoms. The molecule has 12 radical (unpaired) electrons. The fourth-order valence-electron chi connectivity index (χ4n) is 3.07. The van der Waals surface area contributed by atoms with E-state index in [2.05, 4.69) is 0 Å². The normalized spacial score (nSPS) is 14.8. The van der Waals surface area contributed by atoms with Crippen molar-refractivity contribution in [2.24, 2.45) is 11.7 Å². The van der Waals surface area contributed by atoms with E-state index in [-0.39, 0.29) is 73.3 Å². The average molecular weight is 488 g/mol. The van der Waals surface area contributed by atoms with Gasteiger partial charge in [0.05, 0.1) is 0 Å². The molecule has 0 heterocycles. The summed E-state index contributed by atoms with van der Waals surface area (Å²) in [5.41, 5.74) is 5.97. The summed E-state index contributed by atoms with van der Waals surface area (Å²) < 4.78 is 0. The molecule has 0 aliphatic rings. The molecule has 0 fully saturated rings. The van der Waals surface area contributed by atoms with Gasteiger partial charge in [0.1, 0.15) is 15.1 Å². The van der Waals surface area contributed by atoms with Crippen LogP contribution >= 0.6 is 24.3 Å². The summed E-state index contributed by atoms with van der Waals surface area (Å²) in [4.78, 5) is 49.7. The summed E-state index contributed by atoms with van der Waals surface area (Å²) in [6.07, 6.45) is 1.04. The number of carbonyl (C=O) groups is 4. The van der Waals surface area contributed by atoms with Gasteiger partial charge in [0.2, 0.25) is 0 Å². The molecule has 0 aliphatic carbocycles. The Kier molecular flexibility index (Phi) is 17.2. The van der Waals surface area contributed by atoms with Gasteiger partial charge in [0, 0.05) is 6.16 Å². The number of Topliss-reactive ketones (excluding diaryl/α,β-unsaturated/α-hetero) is 4. The molecule has 4 atom stereocenters. The van der Waals surface area contributed by atoms with E-state index in [0.717, 1.165) is 0 Å². The van der Waals surface area contributed by atoms with Crippen molar-refractivity contribution in [1.29, 1.82) is 0 Å². The Morgan fingerprint density at radius 3 is 1.88 bits per heavy atom. The molecule has 2 N–H and O–H groups in total. The van der Waals surface area contributed by atoms with E-state index in [1.54, 1.807) is 13.3 Å². The van der Waals surface area contributed by atoms with Crippen molar-refractivity contribution in [2.45, 2.75) is 38.1 Å². The first-order valence-electron chi connectivity index (χ1n) is 10.4. The van der Waals surface area contributed by atoms with Gasteiger partial charge in [-0.05, 0) is 0 Å². The first-order chi connectivity index (χ1) is 15.3. The molecule has 0 bridgehead atoms. The van der Waals surface area contributed by atoms with Crippen LogP contribution in [0.3, 0.4) is 0 Å². The van der Waals surface area contributed by atoms with Gasteiger partial charge in [0.15, 0.2) is 0 Å². The molecule has 0 rings (SSSR count). The molecular weight excluding hydrogens is 462 g/mol. The van der Waals surface area contributed by atoms with Crippen molar-refractivity contribution in [3.8, 4) is 0 Å². The van der Waals surface area contributed by atoms with E-state index in [4.69, 9.17) is 51.8 Å². The van der Waals surface area contributed by atoms with E-state index in [0.29, 0.717) is 0 Å². The summed E-state index contributed by atoms with van der Waals surface area (Å²) in [7, 11) is 30.2. The van der Waals surface area contributed by atoms with Crippen LogP contribution in [0.25, 0.3) is 0 Å². The maximum atomic E-state index is 12.6. The van der Waals surface area contributed by atoms with Gasteiger partial charge in [-0.1, -0.05) is 13.3 Å². The molecule has 5 nitrogen and oxygen atoms in total. The van der Waals surface area contributed by atoms with Gasteiger partial charge in [-0.25, -0.2) is 0 Å². The predicted octanol–water partition coefficient (Wildman–Crippen LogP) is -0.921.